The fourth-order valence-corrected chi connectivity index (χ4v) is 5.37. The van der Waals surface area contributed by atoms with Gasteiger partial charge in [-0.2, -0.15) is 0 Å². The van der Waals surface area contributed by atoms with Crippen LogP contribution >= 0.6 is 0 Å². The minimum Gasteiger partial charge on any atom is -0.383 e. The molecule has 0 spiro atoms. The number of hydrogen-bond donors (Lipinski definition) is 1. The molecule has 0 radical (unpaired) electrons. The fourth-order valence-electron chi connectivity index (χ4n) is 5.37. The summed E-state index contributed by atoms with van der Waals surface area (Å²) in [6.07, 6.45) is 3.81. The summed E-state index contributed by atoms with van der Waals surface area (Å²) in [6, 6.07) is 12.6. The zero-order valence-electron chi connectivity index (χ0n) is 17.5. The number of carbonyl (C=O) groups excluding carboxylic acids is 1. The standard InChI is InChI=1S/C24H26FN3O3/c1-31-11-10-27-22-9-4-16(14-21(22)26-24(27)30)23(29)28-19-7-8-20(28)13-17(12-19)15-2-5-18(25)6-3-15/h2-6,9,14,17,19-20H,7-8,10-13H2,1H3,(H,26,30)/t17?,19-,20+. The van der Waals surface area contributed by atoms with Gasteiger partial charge in [-0.25, -0.2) is 9.18 Å². The first kappa shape index (κ1) is 20.0. The number of fused-ring (bicyclic) bond motifs is 3. The molecule has 3 atom stereocenters. The summed E-state index contributed by atoms with van der Waals surface area (Å²) in [6.45, 7) is 0.906. The molecule has 0 aliphatic carbocycles. The van der Waals surface area contributed by atoms with E-state index in [4.69, 9.17) is 4.74 Å². The van der Waals surface area contributed by atoms with Crippen molar-refractivity contribution in [2.75, 3.05) is 13.7 Å². The SMILES string of the molecule is COCCn1c(=O)[nH]c2cc(C(=O)N3[C@@H]4CC[C@H]3CC(c3ccc(F)cc3)C4)ccc21. The maximum atomic E-state index is 13.4. The van der Waals surface area contributed by atoms with Crippen LogP contribution in [0.5, 0.6) is 0 Å². The number of nitrogens with zero attached hydrogens (tertiary/aromatic N) is 2. The topological polar surface area (TPSA) is 67.3 Å². The van der Waals surface area contributed by atoms with Crippen molar-refractivity contribution in [3.8, 4) is 0 Å². The summed E-state index contributed by atoms with van der Waals surface area (Å²) in [5, 5.41) is 0. The minimum absolute atomic E-state index is 0.0254. The molecule has 2 aromatic carbocycles. The monoisotopic (exact) mass is 423 g/mol. The molecule has 1 aromatic heterocycles. The van der Waals surface area contributed by atoms with Gasteiger partial charge in [-0.05, 0) is 67.5 Å². The minimum atomic E-state index is -0.219. The summed E-state index contributed by atoms with van der Waals surface area (Å²) in [5.74, 6) is 0.164. The van der Waals surface area contributed by atoms with E-state index < -0.39 is 0 Å². The van der Waals surface area contributed by atoms with E-state index in [9.17, 15) is 14.0 Å². The summed E-state index contributed by atoms with van der Waals surface area (Å²) < 4.78 is 20.0. The predicted molar refractivity (Wildman–Crippen MR) is 116 cm³/mol. The van der Waals surface area contributed by atoms with Crippen LogP contribution in [0.2, 0.25) is 0 Å². The molecular weight excluding hydrogens is 397 g/mol. The highest BCUT2D eigenvalue weighted by Crippen LogP contribution is 2.43. The number of aromatic amines is 1. The zero-order valence-corrected chi connectivity index (χ0v) is 17.5. The van der Waals surface area contributed by atoms with Gasteiger partial charge in [0.15, 0.2) is 0 Å². The third-order valence-corrected chi connectivity index (χ3v) is 6.85. The van der Waals surface area contributed by atoms with Crippen molar-refractivity contribution < 1.29 is 13.9 Å². The third-order valence-electron chi connectivity index (χ3n) is 6.85. The molecule has 1 unspecified atom stereocenters. The van der Waals surface area contributed by atoms with Crippen LogP contribution < -0.4 is 5.69 Å². The average molecular weight is 423 g/mol. The van der Waals surface area contributed by atoms with Crippen LogP contribution in [0.15, 0.2) is 47.3 Å². The van der Waals surface area contributed by atoms with Crippen LogP contribution in [-0.2, 0) is 11.3 Å². The number of hydrogen-bond acceptors (Lipinski definition) is 3. The summed E-state index contributed by atoms with van der Waals surface area (Å²) >= 11 is 0. The number of nitrogens with one attached hydrogen (secondary N) is 1. The van der Waals surface area contributed by atoms with Crippen LogP contribution in [0.1, 0.15) is 47.5 Å². The first-order chi connectivity index (χ1) is 15.0. The van der Waals surface area contributed by atoms with E-state index in [1.807, 2.05) is 29.2 Å². The van der Waals surface area contributed by atoms with Crippen LogP contribution in [0.25, 0.3) is 11.0 Å². The Balaban J connectivity index is 1.37. The van der Waals surface area contributed by atoms with Crippen molar-refractivity contribution in [3.63, 3.8) is 0 Å². The maximum absolute atomic E-state index is 13.4. The molecule has 31 heavy (non-hydrogen) atoms. The molecule has 7 heteroatoms. The van der Waals surface area contributed by atoms with Crippen LogP contribution in [0.4, 0.5) is 4.39 Å². The molecule has 2 fully saturated rings. The summed E-state index contributed by atoms with van der Waals surface area (Å²) in [7, 11) is 1.60. The molecule has 0 saturated carbocycles. The van der Waals surface area contributed by atoms with Gasteiger partial charge in [-0.1, -0.05) is 12.1 Å². The Labute approximate surface area is 179 Å². The Hall–Kier alpha value is -2.93. The highest BCUT2D eigenvalue weighted by Gasteiger charge is 2.43. The number of piperidine rings is 1. The Morgan fingerprint density at radius 2 is 1.84 bits per heavy atom. The van der Waals surface area contributed by atoms with Gasteiger partial charge in [0.25, 0.3) is 5.91 Å². The highest BCUT2D eigenvalue weighted by atomic mass is 19.1. The van der Waals surface area contributed by atoms with Gasteiger partial charge in [0.05, 0.1) is 24.2 Å². The number of benzene rings is 2. The maximum Gasteiger partial charge on any atom is 0.326 e. The van der Waals surface area contributed by atoms with Gasteiger partial charge in [-0.3, -0.25) is 9.36 Å². The summed E-state index contributed by atoms with van der Waals surface area (Å²) in [5.41, 5.74) is 3.00. The van der Waals surface area contributed by atoms with Crippen LogP contribution in [-0.4, -0.2) is 46.2 Å². The van der Waals surface area contributed by atoms with E-state index in [1.54, 1.807) is 17.7 Å². The lowest BCUT2D eigenvalue weighted by Crippen LogP contribution is -2.46. The molecule has 3 aromatic rings. The van der Waals surface area contributed by atoms with Crippen molar-refractivity contribution in [2.45, 2.75) is 50.2 Å². The number of carbonyl (C=O) groups is 1. The van der Waals surface area contributed by atoms with E-state index in [-0.39, 0.29) is 29.5 Å². The normalized spacial score (nSPS) is 22.9. The van der Waals surface area contributed by atoms with Crippen molar-refractivity contribution in [2.24, 2.45) is 0 Å². The summed E-state index contributed by atoms with van der Waals surface area (Å²) in [4.78, 5) is 30.6. The molecule has 2 saturated heterocycles. The van der Waals surface area contributed by atoms with Gasteiger partial charge in [0.1, 0.15) is 5.82 Å². The Bertz CT molecular complexity index is 1150. The number of methoxy groups -OCH3 is 1. The largest absolute Gasteiger partial charge is 0.383 e. The second kappa shape index (κ2) is 7.96. The number of ether oxygens (including phenoxy) is 1. The third kappa shape index (κ3) is 3.57. The number of halogens is 1. The number of amides is 1. The molecule has 1 amide bonds. The van der Waals surface area contributed by atoms with E-state index in [2.05, 4.69) is 4.98 Å². The lowest BCUT2D eigenvalue weighted by Gasteiger charge is -2.39. The average Bonchev–Trinajstić information content (AvgIpc) is 3.23. The molecule has 1 N–H and O–H groups in total. The molecule has 3 heterocycles. The van der Waals surface area contributed by atoms with Crippen molar-refractivity contribution >= 4 is 16.9 Å². The first-order valence-electron chi connectivity index (χ1n) is 10.8. The van der Waals surface area contributed by atoms with E-state index in [0.717, 1.165) is 36.8 Å². The number of aromatic nitrogens is 2. The van der Waals surface area contributed by atoms with E-state index >= 15 is 0 Å². The van der Waals surface area contributed by atoms with Gasteiger partial charge in [0, 0.05) is 24.8 Å². The van der Waals surface area contributed by atoms with Gasteiger partial charge in [-0.15, -0.1) is 0 Å². The lowest BCUT2D eigenvalue weighted by atomic mass is 9.85. The number of H-pyrrole nitrogens is 1. The fraction of sp³-hybridized carbons (Fsp3) is 0.417. The predicted octanol–water partition coefficient (Wildman–Crippen LogP) is 3.67. The van der Waals surface area contributed by atoms with Gasteiger partial charge >= 0.3 is 5.69 Å². The molecule has 2 aliphatic heterocycles. The highest BCUT2D eigenvalue weighted by molar-refractivity contribution is 5.98. The van der Waals surface area contributed by atoms with Crippen LogP contribution in [0, 0.1) is 5.82 Å². The smallest absolute Gasteiger partial charge is 0.326 e. The first-order valence-corrected chi connectivity index (χ1v) is 10.8. The van der Waals surface area contributed by atoms with Crippen molar-refractivity contribution in [1.82, 2.24) is 14.5 Å². The molecule has 5 rings (SSSR count). The van der Waals surface area contributed by atoms with E-state index in [1.165, 1.54) is 12.1 Å². The Kier molecular flexibility index (Phi) is 5.14. The second-order valence-corrected chi connectivity index (χ2v) is 8.62. The molecular formula is C24H26FN3O3. The zero-order chi connectivity index (χ0) is 21.5. The van der Waals surface area contributed by atoms with Crippen molar-refractivity contribution in [1.29, 1.82) is 0 Å². The van der Waals surface area contributed by atoms with Crippen molar-refractivity contribution in [3.05, 3.63) is 69.9 Å². The Morgan fingerprint density at radius 3 is 2.52 bits per heavy atom. The van der Waals surface area contributed by atoms with Gasteiger partial charge < -0.3 is 14.6 Å². The second-order valence-electron chi connectivity index (χ2n) is 8.62. The quantitative estimate of drug-likeness (QED) is 0.681. The molecule has 162 valence electrons. The molecule has 2 aliphatic rings. The van der Waals surface area contributed by atoms with Gasteiger partial charge in [0.2, 0.25) is 0 Å². The molecule has 6 nitrogen and oxygen atoms in total. The number of rotatable bonds is 5. The Morgan fingerprint density at radius 1 is 1.13 bits per heavy atom. The van der Waals surface area contributed by atoms with Crippen LogP contribution in [0.3, 0.4) is 0 Å². The lowest BCUT2D eigenvalue weighted by molar-refractivity contribution is 0.0571. The number of imidazole rings is 1. The van der Waals surface area contributed by atoms with E-state index in [0.29, 0.717) is 30.1 Å². The molecule has 2 bridgehead atoms.